The lowest BCUT2D eigenvalue weighted by atomic mass is 9.62. The molecule has 0 unspecified atom stereocenters. The zero-order valence-electron chi connectivity index (χ0n) is 17.7. The van der Waals surface area contributed by atoms with Crippen molar-refractivity contribution < 1.29 is 9.59 Å². The molecule has 0 spiro atoms. The Morgan fingerprint density at radius 3 is 2.10 bits per heavy atom. The predicted molar refractivity (Wildman–Crippen MR) is 117 cm³/mol. The highest BCUT2D eigenvalue weighted by Gasteiger charge is 2.41. The number of pyridine rings is 2. The molecule has 2 aromatic heterocycles. The second-order valence-electron chi connectivity index (χ2n) is 9.09. The maximum atomic E-state index is 12.4. The molecule has 8 nitrogen and oxygen atoms in total. The van der Waals surface area contributed by atoms with Crippen LogP contribution >= 0.6 is 0 Å². The Morgan fingerprint density at radius 1 is 0.933 bits per heavy atom. The third kappa shape index (κ3) is 6.43. The second-order valence-corrected chi connectivity index (χ2v) is 9.09. The first-order valence-corrected chi connectivity index (χ1v) is 10.2. The van der Waals surface area contributed by atoms with Gasteiger partial charge < -0.3 is 10.6 Å². The highest BCUT2D eigenvalue weighted by Crippen LogP contribution is 2.45. The van der Waals surface area contributed by atoms with E-state index in [4.69, 9.17) is 0 Å². The van der Waals surface area contributed by atoms with Gasteiger partial charge in [0.05, 0.1) is 0 Å². The summed E-state index contributed by atoms with van der Waals surface area (Å²) in [5.74, 6) is 1.02. The molecule has 2 aromatic rings. The number of hydrogen-bond donors (Lipinski definition) is 4. The van der Waals surface area contributed by atoms with Crippen molar-refractivity contribution in [1.82, 2.24) is 20.6 Å². The summed E-state index contributed by atoms with van der Waals surface area (Å²) in [6.07, 6.45) is 5.86. The fourth-order valence-electron chi connectivity index (χ4n) is 4.54. The van der Waals surface area contributed by atoms with Crippen LogP contribution in [0.3, 0.4) is 0 Å². The first-order valence-electron chi connectivity index (χ1n) is 10.2. The van der Waals surface area contributed by atoms with E-state index in [1.54, 1.807) is 36.7 Å². The monoisotopic (exact) mass is 410 g/mol. The van der Waals surface area contributed by atoms with Gasteiger partial charge in [-0.1, -0.05) is 32.9 Å². The van der Waals surface area contributed by atoms with Crippen LogP contribution in [-0.4, -0.2) is 34.6 Å². The Balaban J connectivity index is 1.56. The van der Waals surface area contributed by atoms with Gasteiger partial charge >= 0.3 is 12.1 Å². The third-order valence-corrected chi connectivity index (χ3v) is 5.27. The van der Waals surface area contributed by atoms with Crippen LogP contribution in [0.2, 0.25) is 0 Å². The molecule has 0 radical (unpaired) electrons. The van der Waals surface area contributed by atoms with Crippen molar-refractivity contribution in [3.8, 4) is 0 Å². The van der Waals surface area contributed by atoms with Gasteiger partial charge in [0.2, 0.25) is 0 Å². The highest BCUT2D eigenvalue weighted by atomic mass is 16.2. The number of amides is 4. The number of hydrogen-bond acceptors (Lipinski definition) is 4. The van der Waals surface area contributed by atoms with Crippen LogP contribution in [-0.2, 0) is 0 Å². The molecule has 1 aliphatic rings. The molecule has 0 aromatic carbocycles. The number of aromatic nitrogens is 2. The van der Waals surface area contributed by atoms with Crippen molar-refractivity contribution in [2.24, 2.45) is 10.8 Å². The first-order chi connectivity index (χ1) is 14.2. The van der Waals surface area contributed by atoms with Gasteiger partial charge in [0.15, 0.2) is 0 Å². The van der Waals surface area contributed by atoms with Crippen molar-refractivity contribution in [2.75, 3.05) is 17.2 Å². The van der Waals surface area contributed by atoms with E-state index in [1.165, 1.54) is 0 Å². The van der Waals surface area contributed by atoms with Crippen LogP contribution in [0.5, 0.6) is 0 Å². The van der Waals surface area contributed by atoms with Crippen molar-refractivity contribution in [3.63, 3.8) is 0 Å². The molecule has 0 bridgehead atoms. The minimum atomic E-state index is -0.282. The topological polar surface area (TPSA) is 108 Å². The molecule has 30 heavy (non-hydrogen) atoms. The normalized spacial score (nSPS) is 22.6. The molecule has 3 rings (SSSR count). The Morgan fingerprint density at radius 2 is 1.53 bits per heavy atom. The molecular formula is C22H30N6O2. The Kier molecular flexibility index (Phi) is 6.54. The van der Waals surface area contributed by atoms with Crippen molar-refractivity contribution >= 4 is 23.7 Å². The third-order valence-electron chi connectivity index (χ3n) is 5.27. The van der Waals surface area contributed by atoms with Crippen molar-refractivity contribution in [2.45, 2.75) is 46.1 Å². The van der Waals surface area contributed by atoms with Gasteiger partial charge in [-0.25, -0.2) is 19.6 Å². The molecular weight excluding hydrogens is 380 g/mol. The maximum absolute atomic E-state index is 12.4. The average molecular weight is 411 g/mol. The van der Waals surface area contributed by atoms with Crippen LogP contribution < -0.4 is 21.3 Å². The summed E-state index contributed by atoms with van der Waals surface area (Å²) in [5, 5.41) is 11.6. The quantitative estimate of drug-likeness (QED) is 0.597. The minimum absolute atomic E-state index is 0.00288. The van der Waals surface area contributed by atoms with Gasteiger partial charge in [-0.2, -0.15) is 0 Å². The van der Waals surface area contributed by atoms with Gasteiger partial charge in [-0.15, -0.1) is 0 Å². The largest absolute Gasteiger partial charge is 0.337 e. The van der Waals surface area contributed by atoms with Crippen LogP contribution in [0.15, 0.2) is 48.8 Å². The summed E-state index contributed by atoms with van der Waals surface area (Å²) in [6.45, 7) is 7.06. The lowest BCUT2D eigenvalue weighted by molar-refractivity contribution is 0.0761. The van der Waals surface area contributed by atoms with Crippen LogP contribution in [0.4, 0.5) is 21.2 Å². The number of urea groups is 2. The van der Waals surface area contributed by atoms with Crippen LogP contribution in [0.25, 0.3) is 0 Å². The van der Waals surface area contributed by atoms with E-state index in [0.717, 1.165) is 19.3 Å². The van der Waals surface area contributed by atoms with E-state index >= 15 is 0 Å². The number of rotatable bonds is 5. The highest BCUT2D eigenvalue weighted by molar-refractivity contribution is 5.88. The van der Waals surface area contributed by atoms with Gasteiger partial charge in [0.1, 0.15) is 11.6 Å². The number of anilines is 2. The standard InChI is InChI=1S/C22H30N6O2/c1-21(2)12-16(26-20(30)28-18-9-5-7-11-24-18)13-22(3,14-21)15-25-19(29)27-17-8-4-6-10-23-17/h4-11,16H,12-15H2,1-3H3,(H2,23,25,27,29)(H2,24,26,28,30)/t16-,22-/m1/s1. The Hall–Kier alpha value is -3.16. The summed E-state index contributed by atoms with van der Waals surface area (Å²) in [7, 11) is 0. The summed E-state index contributed by atoms with van der Waals surface area (Å²) >= 11 is 0. The smallest absolute Gasteiger partial charge is 0.320 e. The van der Waals surface area contributed by atoms with Crippen molar-refractivity contribution in [1.29, 1.82) is 0 Å². The summed E-state index contributed by atoms with van der Waals surface area (Å²) < 4.78 is 0. The molecule has 0 saturated heterocycles. The Labute approximate surface area is 177 Å². The van der Waals surface area contributed by atoms with E-state index in [2.05, 4.69) is 52.0 Å². The van der Waals surface area contributed by atoms with Crippen LogP contribution in [0.1, 0.15) is 40.0 Å². The molecule has 1 fully saturated rings. The van der Waals surface area contributed by atoms with Gasteiger partial charge in [0, 0.05) is 25.0 Å². The molecule has 2 heterocycles. The molecule has 8 heteroatoms. The van der Waals surface area contributed by atoms with Crippen molar-refractivity contribution in [3.05, 3.63) is 48.8 Å². The summed E-state index contributed by atoms with van der Waals surface area (Å²) in [6, 6.07) is 10.2. The van der Waals surface area contributed by atoms with E-state index in [0.29, 0.717) is 18.2 Å². The maximum Gasteiger partial charge on any atom is 0.320 e. The molecule has 160 valence electrons. The Bertz CT molecular complexity index is 858. The second kappa shape index (κ2) is 9.11. The van der Waals surface area contributed by atoms with Gasteiger partial charge in [0.25, 0.3) is 0 Å². The minimum Gasteiger partial charge on any atom is -0.337 e. The van der Waals surface area contributed by atoms with Crippen LogP contribution in [0, 0.1) is 10.8 Å². The zero-order valence-corrected chi connectivity index (χ0v) is 17.7. The SMILES string of the molecule is CC1(C)C[C@@H](NC(=O)Nc2ccccn2)C[C@@](C)(CNC(=O)Nc2ccccn2)C1. The molecule has 0 aliphatic heterocycles. The summed E-state index contributed by atoms with van der Waals surface area (Å²) in [4.78, 5) is 32.9. The lowest BCUT2D eigenvalue weighted by Gasteiger charge is -2.46. The fraction of sp³-hybridized carbons (Fsp3) is 0.455. The van der Waals surface area contributed by atoms with Gasteiger partial charge in [-0.3, -0.25) is 10.6 Å². The summed E-state index contributed by atoms with van der Waals surface area (Å²) in [5.41, 5.74) is -0.110. The van der Waals surface area contributed by atoms with E-state index in [1.807, 2.05) is 12.1 Å². The van der Waals surface area contributed by atoms with Gasteiger partial charge in [-0.05, 0) is 54.4 Å². The molecule has 1 saturated carbocycles. The molecule has 1 aliphatic carbocycles. The zero-order chi connectivity index (χ0) is 21.6. The number of nitrogens with zero attached hydrogens (tertiary/aromatic N) is 2. The van der Waals surface area contributed by atoms with E-state index < -0.39 is 0 Å². The fourth-order valence-corrected chi connectivity index (χ4v) is 4.54. The number of carbonyl (C=O) groups is 2. The van der Waals surface area contributed by atoms with E-state index in [9.17, 15) is 9.59 Å². The van der Waals surface area contributed by atoms with E-state index in [-0.39, 0.29) is 28.9 Å². The molecule has 2 atom stereocenters. The number of carbonyl (C=O) groups excluding carboxylic acids is 2. The predicted octanol–water partition coefficient (Wildman–Crippen LogP) is 4.00. The lowest BCUT2D eigenvalue weighted by Crippen LogP contribution is -2.51. The molecule has 4 N–H and O–H groups in total. The average Bonchev–Trinajstić information content (AvgIpc) is 2.66. The molecule has 4 amide bonds. The number of nitrogens with one attached hydrogen (secondary N) is 4. The first kappa shape index (κ1) is 21.5.